The van der Waals surface area contributed by atoms with Gasteiger partial charge in [0.05, 0.1) is 6.10 Å². The molecule has 2 unspecified atom stereocenters. The van der Waals surface area contributed by atoms with Crippen molar-refractivity contribution in [2.75, 3.05) is 11.5 Å². The van der Waals surface area contributed by atoms with Gasteiger partial charge in [-0.1, -0.05) is 34.1 Å². The Bertz CT molecular complexity index is 323. The number of halogens is 1. The van der Waals surface area contributed by atoms with E-state index < -0.39 is 0 Å². The first-order valence-corrected chi connectivity index (χ1v) is 7.24. The van der Waals surface area contributed by atoms with E-state index in [0.717, 1.165) is 22.2 Å². The molecule has 0 amide bonds. The van der Waals surface area contributed by atoms with Gasteiger partial charge in [-0.15, -0.1) is 0 Å². The Morgan fingerprint density at radius 2 is 2.20 bits per heavy atom. The minimum absolute atomic E-state index is 0.312. The van der Waals surface area contributed by atoms with Crippen molar-refractivity contribution >= 4 is 27.7 Å². The second-order valence-corrected chi connectivity index (χ2v) is 5.95. The zero-order chi connectivity index (χ0) is 10.7. The molecule has 1 N–H and O–H groups in total. The molecule has 15 heavy (non-hydrogen) atoms. The molecule has 2 rings (SSSR count). The van der Waals surface area contributed by atoms with E-state index in [-0.39, 0.29) is 6.10 Å². The second-order valence-electron chi connectivity index (χ2n) is 3.94. The highest BCUT2D eigenvalue weighted by Gasteiger charge is 2.24. The molecule has 3 heteroatoms. The van der Waals surface area contributed by atoms with Gasteiger partial charge < -0.3 is 5.11 Å². The summed E-state index contributed by atoms with van der Waals surface area (Å²) in [5, 5.41) is 10.3. The third-order valence-corrected chi connectivity index (χ3v) is 4.83. The summed E-state index contributed by atoms with van der Waals surface area (Å²) in [6, 6.07) is 7.97. The molecule has 0 radical (unpaired) electrons. The summed E-state index contributed by atoms with van der Waals surface area (Å²) in [6.45, 7) is 0. The lowest BCUT2D eigenvalue weighted by Gasteiger charge is -2.27. The number of hydrogen-bond donors (Lipinski definition) is 1. The molecule has 0 spiro atoms. The molecule has 82 valence electrons. The number of thioether (sulfide) groups is 1. The van der Waals surface area contributed by atoms with Crippen molar-refractivity contribution in [1.82, 2.24) is 0 Å². The summed E-state index contributed by atoms with van der Waals surface area (Å²) in [6.07, 6.45) is 2.07. The second kappa shape index (κ2) is 5.37. The predicted octanol–water partition coefficient (Wildman–Crippen LogP) is 3.63. The van der Waals surface area contributed by atoms with Gasteiger partial charge in [-0.05, 0) is 41.9 Å². The van der Waals surface area contributed by atoms with Crippen LogP contribution in [0.25, 0.3) is 0 Å². The topological polar surface area (TPSA) is 20.2 Å². The first kappa shape index (κ1) is 11.5. The van der Waals surface area contributed by atoms with E-state index in [9.17, 15) is 5.11 Å². The lowest BCUT2D eigenvalue weighted by atomic mass is 9.93. The molecular weight excluding hydrogens is 272 g/mol. The molecule has 1 nitrogen and oxygen atoms in total. The Morgan fingerprint density at radius 3 is 2.87 bits per heavy atom. The van der Waals surface area contributed by atoms with E-state index in [2.05, 4.69) is 15.9 Å². The number of benzene rings is 1. The molecule has 2 atom stereocenters. The van der Waals surface area contributed by atoms with Gasteiger partial charge in [0, 0.05) is 4.47 Å². The zero-order valence-electron chi connectivity index (χ0n) is 8.53. The molecule has 1 aliphatic heterocycles. The van der Waals surface area contributed by atoms with Crippen molar-refractivity contribution in [2.24, 2.45) is 5.92 Å². The van der Waals surface area contributed by atoms with Crippen LogP contribution in [0.1, 0.15) is 24.5 Å². The number of rotatable bonds is 2. The van der Waals surface area contributed by atoms with Gasteiger partial charge in [0.15, 0.2) is 0 Å². The summed E-state index contributed by atoms with van der Waals surface area (Å²) in [4.78, 5) is 0. The quantitative estimate of drug-likeness (QED) is 0.896. The van der Waals surface area contributed by atoms with Crippen molar-refractivity contribution in [3.8, 4) is 0 Å². The van der Waals surface area contributed by atoms with Crippen molar-refractivity contribution in [2.45, 2.75) is 18.9 Å². The van der Waals surface area contributed by atoms with E-state index >= 15 is 0 Å². The van der Waals surface area contributed by atoms with Crippen LogP contribution >= 0.6 is 27.7 Å². The van der Waals surface area contributed by atoms with Crippen LogP contribution in [-0.4, -0.2) is 16.6 Å². The number of aliphatic hydroxyl groups is 1. The molecule has 1 saturated heterocycles. The lowest BCUT2D eigenvalue weighted by Crippen LogP contribution is -2.19. The van der Waals surface area contributed by atoms with Crippen LogP contribution in [0, 0.1) is 5.92 Å². The fraction of sp³-hybridized carbons (Fsp3) is 0.500. The molecule has 0 bridgehead atoms. The third-order valence-electron chi connectivity index (χ3n) is 2.87. The number of aliphatic hydroxyl groups excluding tert-OH is 1. The highest BCUT2D eigenvalue weighted by atomic mass is 79.9. The summed E-state index contributed by atoms with van der Waals surface area (Å²) < 4.78 is 1.02. The molecular formula is C12H15BrOS. The minimum atomic E-state index is -0.312. The summed E-state index contributed by atoms with van der Waals surface area (Å²) in [5.74, 6) is 2.75. The highest BCUT2D eigenvalue weighted by Crippen LogP contribution is 2.35. The predicted molar refractivity (Wildman–Crippen MR) is 69.2 cm³/mol. The maximum absolute atomic E-state index is 10.3. The maximum atomic E-state index is 10.3. The summed E-state index contributed by atoms with van der Waals surface area (Å²) in [5.41, 5.74) is 1.03. The van der Waals surface area contributed by atoms with E-state index in [1.807, 2.05) is 36.0 Å². The van der Waals surface area contributed by atoms with Crippen molar-refractivity contribution < 1.29 is 5.11 Å². The van der Waals surface area contributed by atoms with Gasteiger partial charge in [-0.2, -0.15) is 11.8 Å². The van der Waals surface area contributed by atoms with E-state index in [0.29, 0.717) is 5.92 Å². The van der Waals surface area contributed by atoms with Crippen molar-refractivity contribution in [1.29, 1.82) is 0 Å². The minimum Gasteiger partial charge on any atom is -0.388 e. The largest absolute Gasteiger partial charge is 0.388 e. The maximum Gasteiger partial charge on any atom is 0.0836 e. The van der Waals surface area contributed by atoms with Gasteiger partial charge >= 0.3 is 0 Å². The Balaban J connectivity index is 2.12. The average Bonchev–Trinajstić information content (AvgIpc) is 2.30. The summed E-state index contributed by atoms with van der Waals surface area (Å²) >= 11 is 5.45. The molecule has 1 aliphatic rings. The zero-order valence-corrected chi connectivity index (χ0v) is 10.9. The Hall–Kier alpha value is 0.01000. The van der Waals surface area contributed by atoms with Crippen LogP contribution in [0.2, 0.25) is 0 Å². The molecule has 0 aromatic heterocycles. The summed E-state index contributed by atoms with van der Waals surface area (Å²) in [7, 11) is 0. The van der Waals surface area contributed by atoms with Crippen LogP contribution in [0.15, 0.2) is 28.7 Å². The van der Waals surface area contributed by atoms with E-state index in [1.165, 1.54) is 12.2 Å². The van der Waals surface area contributed by atoms with Gasteiger partial charge in [-0.25, -0.2) is 0 Å². The van der Waals surface area contributed by atoms with Crippen molar-refractivity contribution in [3.63, 3.8) is 0 Å². The van der Waals surface area contributed by atoms with Crippen molar-refractivity contribution in [3.05, 3.63) is 34.3 Å². The number of hydrogen-bond acceptors (Lipinski definition) is 2. The SMILES string of the molecule is OC(c1ccccc1Br)C1CCCSC1. The van der Waals surface area contributed by atoms with E-state index in [4.69, 9.17) is 0 Å². The monoisotopic (exact) mass is 286 g/mol. The first-order chi connectivity index (χ1) is 7.29. The van der Waals surface area contributed by atoms with Gasteiger partial charge in [0.25, 0.3) is 0 Å². The molecule has 1 heterocycles. The Kier molecular flexibility index (Phi) is 4.12. The highest BCUT2D eigenvalue weighted by molar-refractivity contribution is 9.10. The Labute approximate surface area is 103 Å². The molecule has 0 aliphatic carbocycles. The van der Waals surface area contributed by atoms with Gasteiger partial charge in [0.1, 0.15) is 0 Å². The van der Waals surface area contributed by atoms with Crippen LogP contribution in [0.4, 0.5) is 0 Å². The van der Waals surface area contributed by atoms with Gasteiger partial charge in [0.2, 0.25) is 0 Å². The smallest absolute Gasteiger partial charge is 0.0836 e. The lowest BCUT2D eigenvalue weighted by molar-refractivity contribution is 0.113. The van der Waals surface area contributed by atoms with E-state index in [1.54, 1.807) is 0 Å². The van der Waals surface area contributed by atoms with Gasteiger partial charge in [-0.3, -0.25) is 0 Å². The third kappa shape index (κ3) is 2.77. The average molecular weight is 287 g/mol. The molecule has 1 fully saturated rings. The standard InChI is InChI=1S/C12H15BrOS/c13-11-6-2-1-5-10(11)12(14)9-4-3-7-15-8-9/h1-2,5-6,9,12,14H,3-4,7-8H2. The van der Waals surface area contributed by atoms with Crippen LogP contribution in [0.3, 0.4) is 0 Å². The molecule has 1 aromatic carbocycles. The fourth-order valence-electron chi connectivity index (χ4n) is 1.98. The fourth-order valence-corrected chi connectivity index (χ4v) is 3.69. The Morgan fingerprint density at radius 1 is 1.40 bits per heavy atom. The first-order valence-electron chi connectivity index (χ1n) is 5.29. The van der Waals surface area contributed by atoms with Crippen LogP contribution < -0.4 is 0 Å². The van der Waals surface area contributed by atoms with Crippen LogP contribution in [0.5, 0.6) is 0 Å². The normalized spacial score (nSPS) is 23.7. The molecule has 1 aromatic rings. The molecule has 0 saturated carbocycles. The van der Waals surface area contributed by atoms with Crippen LogP contribution in [-0.2, 0) is 0 Å².